The number of hydrogen-bond donors (Lipinski definition) is 1. The van der Waals surface area contributed by atoms with E-state index in [0.29, 0.717) is 11.4 Å². The Kier molecular flexibility index (Phi) is 10.7. The van der Waals surface area contributed by atoms with E-state index in [-0.39, 0.29) is 34.2 Å². The standard InChI is InChI=1S/C24H30Cl3N3O4S/c1-5-16(3)28-24(32)22(6-2)29(14-17-7-9-18(25)10-8-17)23(31)15-30(35(4,33)34)19-11-12-20(26)21(27)13-19/h7-13,16,22H,5-6,14-15H2,1-4H3,(H,28,32)/t16-,22+/m1/s1. The molecule has 0 unspecified atom stereocenters. The highest BCUT2D eigenvalue weighted by molar-refractivity contribution is 7.92. The Hall–Kier alpha value is -2.00. The summed E-state index contributed by atoms with van der Waals surface area (Å²) in [7, 11) is -3.86. The highest BCUT2D eigenvalue weighted by Gasteiger charge is 2.32. The number of carbonyl (C=O) groups excluding carboxylic acids is 2. The molecular weight excluding hydrogens is 533 g/mol. The third-order valence-corrected chi connectivity index (χ3v) is 7.66. The summed E-state index contributed by atoms with van der Waals surface area (Å²) in [5, 5.41) is 3.87. The van der Waals surface area contributed by atoms with Crippen molar-refractivity contribution in [2.45, 2.75) is 52.2 Å². The SMILES string of the molecule is CC[C@@H](C)NC(=O)[C@H](CC)N(Cc1ccc(Cl)cc1)C(=O)CN(c1ccc(Cl)c(Cl)c1)S(C)(=O)=O. The lowest BCUT2D eigenvalue weighted by molar-refractivity contribution is -0.140. The van der Waals surface area contributed by atoms with Gasteiger partial charge in [0.15, 0.2) is 0 Å². The third-order valence-electron chi connectivity index (χ3n) is 5.52. The predicted molar refractivity (Wildman–Crippen MR) is 143 cm³/mol. The zero-order valence-electron chi connectivity index (χ0n) is 20.1. The van der Waals surface area contributed by atoms with E-state index in [9.17, 15) is 18.0 Å². The highest BCUT2D eigenvalue weighted by atomic mass is 35.5. The van der Waals surface area contributed by atoms with Crippen LogP contribution in [0.5, 0.6) is 0 Å². The number of anilines is 1. The van der Waals surface area contributed by atoms with Crippen LogP contribution < -0.4 is 9.62 Å². The van der Waals surface area contributed by atoms with Crippen molar-refractivity contribution in [3.05, 3.63) is 63.1 Å². The minimum Gasteiger partial charge on any atom is -0.352 e. The zero-order valence-corrected chi connectivity index (χ0v) is 23.2. The van der Waals surface area contributed by atoms with Crippen molar-refractivity contribution < 1.29 is 18.0 Å². The summed E-state index contributed by atoms with van der Waals surface area (Å²) in [6, 6.07) is 10.3. The van der Waals surface area contributed by atoms with Crippen LogP contribution in [0.25, 0.3) is 0 Å². The molecule has 2 aromatic carbocycles. The number of rotatable bonds is 11. The van der Waals surface area contributed by atoms with E-state index in [1.54, 1.807) is 31.2 Å². The van der Waals surface area contributed by atoms with Gasteiger partial charge < -0.3 is 10.2 Å². The highest BCUT2D eigenvalue weighted by Crippen LogP contribution is 2.28. The molecule has 2 amide bonds. The molecule has 2 aromatic rings. The maximum atomic E-state index is 13.6. The summed E-state index contributed by atoms with van der Waals surface area (Å²) >= 11 is 18.1. The molecule has 192 valence electrons. The summed E-state index contributed by atoms with van der Waals surface area (Å²) in [6.07, 6.45) is 2.07. The van der Waals surface area contributed by atoms with Crippen LogP contribution in [0.15, 0.2) is 42.5 Å². The molecule has 0 aliphatic heterocycles. The van der Waals surface area contributed by atoms with Gasteiger partial charge >= 0.3 is 0 Å². The number of sulfonamides is 1. The third kappa shape index (κ3) is 8.27. The number of amides is 2. The van der Waals surface area contributed by atoms with Gasteiger partial charge in [-0.15, -0.1) is 0 Å². The largest absolute Gasteiger partial charge is 0.352 e. The Labute approximate surface area is 222 Å². The maximum absolute atomic E-state index is 13.6. The lowest BCUT2D eigenvalue weighted by atomic mass is 10.1. The van der Waals surface area contributed by atoms with Gasteiger partial charge in [-0.3, -0.25) is 13.9 Å². The molecule has 2 atom stereocenters. The van der Waals surface area contributed by atoms with Crippen molar-refractivity contribution in [1.82, 2.24) is 10.2 Å². The summed E-state index contributed by atoms with van der Waals surface area (Å²) in [5.74, 6) is -0.841. The van der Waals surface area contributed by atoms with Crippen molar-refractivity contribution in [1.29, 1.82) is 0 Å². The van der Waals surface area contributed by atoms with Crippen LogP contribution in [0.4, 0.5) is 5.69 Å². The van der Waals surface area contributed by atoms with Gasteiger partial charge in [-0.1, -0.05) is 60.8 Å². The van der Waals surface area contributed by atoms with Crippen LogP contribution in [0.2, 0.25) is 15.1 Å². The minimum atomic E-state index is -3.86. The molecule has 0 aromatic heterocycles. The van der Waals surface area contributed by atoms with Crippen molar-refractivity contribution in [2.75, 3.05) is 17.1 Å². The van der Waals surface area contributed by atoms with Crippen molar-refractivity contribution in [3.8, 4) is 0 Å². The first-order chi connectivity index (χ1) is 16.4. The summed E-state index contributed by atoms with van der Waals surface area (Å²) in [5.41, 5.74) is 0.941. The van der Waals surface area contributed by atoms with Gasteiger partial charge in [-0.25, -0.2) is 8.42 Å². The molecule has 1 N–H and O–H groups in total. The summed E-state index contributed by atoms with van der Waals surface area (Å²) in [4.78, 5) is 28.1. The summed E-state index contributed by atoms with van der Waals surface area (Å²) in [6.45, 7) is 5.21. The second kappa shape index (κ2) is 12.8. The Balaban J connectivity index is 2.45. The van der Waals surface area contributed by atoms with Gasteiger partial charge in [-0.2, -0.15) is 0 Å². The molecule has 0 fully saturated rings. The van der Waals surface area contributed by atoms with Crippen LogP contribution in [-0.4, -0.2) is 50.0 Å². The van der Waals surface area contributed by atoms with Crippen LogP contribution in [-0.2, 0) is 26.2 Å². The van der Waals surface area contributed by atoms with E-state index in [1.807, 2.05) is 13.8 Å². The van der Waals surface area contributed by atoms with Gasteiger partial charge in [0.1, 0.15) is 12.6 Å². The first kappa shape index (κ1) is 29.2. The topological polar surface area (TPSA) is 86.8 Å². The van der Waals surface area contributed by atoms with Crippen LogP contribution in [0.3, 0.4) is 0 Å². The molecule has 0 bridgehead atoms. The average Bonchev–Trinajstić information content (AvgIpc) is 2.79. The number of nitrogens with zero attached hydrogens (tertiary/aromatic N) is 2. The molecule has 0 heterocycles. The van der Waals surface area contributed by atoms with Crippen molar-refractivity contribution in [3.63, 3.8) is 0 Å². The molecule has 0 saturated heterocycles. The first-order valence-electron chi connectivity index (χ1n) is 11.1. The van der Waals surface area contributed by atoms with Crippen molar-refractivity contribution >= 4 is 62.3 Å². The molecule has 7 nitrogen and oxygen atoms in total. The Morgan fingerprint density at radius 2 is 1.60 bits per heavy atom. The maximum Gasteiger partial charge on any atom is 0.244 e. The number of halogens is 3. The van der Waals surface area contributed by atoms with Crippen LogP contribution in [0, 0.1) is 0 Å². The number of nitrogens with one attached hydrogen (secondary N) is 1. The molecule has 0 aliphatic carbocycles. The number of carbonyl (C=O) groups is 2. The lowest BCUT2D eigenvalue weighted by Crippen LogP contribution is -2.53. The predicted octanol–water partition coefficient (Wildman–Crippen LogP) is 5.13. The van der Waals surface area contributed by atoms with E-state index in [1.165, 1.54) is 23.1 Å². The second-order valence-electron chi connectivity index (χ2n) is 8.26. The monoisotopic (exact) mass is 561 g/mol. The Bertz CT molecular complexity index is 1140. The fourth-order valence-electron chi connectivity index (χ4n) is 3.40. The quantitative estimate of drug-likeness (QED) is 0.411. The van der Waals surface area contributed by atoms with E-state index >= 15 is 0 Å². The molecule has 0 radical (unpaired) electrons. The van der Waals surface area contributed by atoms with Crippen LogP contribution in [0.1, 0.15) is 39.2 Å². The van der Waals surface area contributed by atoms with Gasteiger partial charge in [0.2, 0.25) is 21.8 Å². The molecule has 11 heteroatoms. The van der Waals surface area contributed by atoms with E-state index < -0.39 is 28.5 Å². The fourth-order valence-corrected chi connectivity index (χ4v) is 4.66. The molecule has 0 saturated carbocycles. The average molecular weight is 563 g/mol. The van der Waals surface area contributed by atoms with E-state index in [4.69, 9.17) is 34.8 Å². The summed E-state index contributed by atoms with van der Waals surface area (Å²) < 4.78 is 26.2. The molecule has 35 heavy (non-hydrogen) atoms. The normalized spacial score (nSPS) is 13.1. The van der Waals surface area contributed by atoms with E-state index in [0.717, 1.165) is 22.5 Å². The smallest absolute Gasteiger partial charge is 0.244 e. The molecule has 2 rings (SSSR count). The second-order valence-corrected chi connectivity index (χ2v) is 11.4. The zero-order chi connectivity index (χ0) is 26.3. The van der Waals surface area contributed by atoms with Gasteiger partial charge in [0, 0.05) is 17.6 Å². The van der Waals surface area contributed by atoms with E-state index in [2.05, 4.69) is 5.32 Å². The lowest BCUT2D eigenvalue weighted by Gasteiger charge is -2.33. The fraction of sp³-hybridized carbons (Fsp3) is 0.417. The first-order valence-corrected chi connectivity index (χ1v) is 14.1. The Morgan fingerprint density at radius 3 is 2.11 bits per heavy atom. The van der Waals surface area contributed by atoms with Gasteiger partial charge in [-0.05, 0) is 55.7 Å². The molecule has 0 aliphatic rings. The Morgan fingerprint density at radius 1 is 0.971 bits per heavy atom. The number of benzene rings is 2. The van der Waals surface area contributed by atoms with Crippen molar-refractivity contribution in [2.24, 2.45) is 0 Å². The van der Waals surface area contributed by atoms with Crippen LogP contribution >= 0.6 is 34.8 Å². The number of hydrogen-bond acceptors (Lipinski definition) is 4. The molecule has 0 spiro atoms. The molecular formula is C24H30Cl3N3O4S. The van der Waals surface area contributed by atoms with Gasteiger partial charge in [0.05, 0.1) is 22.0 Å². The van der Waals surface area contributed by atoms with Gasteiger partial charge in [0.25, 0.3) is 0 Å². The minimum absolute atomic E-state index is 0.0761.